The fraction of sp³-hybridized carbons (Fsp3) is 0.150. The van der Waals surface area contributed by atoms with Crippen molar-refractivity contribution in [3.63, 3.8) is 0 Å². The number of hydrogen-bond donors (Lipinski definition) is 2. The van der Waals surface area contributed by atoms with Crippen molar-refractivity contribution in [1.29, 1.82) is 0 Å². The maximum absolute atomic E-state index is 13.1. The van der Waals surface area contributed by atoms with Gasteiger partial charge in [0.05, 0.1) is 16.9 Å². The third-order valence-corrected chi connectivity index (χ3v) is 3.95. The third kappa shape index (κ3) is 4.35. The number of ether oxygens (including phenoxy) is 1. The van der Waals surface area contributed by atoms with Gasteiger partial charge in [-0.15, -0.1) is 0 Å². The largest absolute Gasteiger partial charge is 0.508 e. The monoisotopic (exact) mass is 383 g/mol. The summed E-state index contributed by atoms with van der Waals surface area (Å²) >= 11 is 0. The Morgan fingerprint density at radius 3 is 2.54 bits per heavy atom. The van der Waals surface area contributed by atoms with Gasteiger partial charge in [-0.1, -0.05) is 6.07 Å². The Morgan fingerprint density at radius 1 is 1.14 bits per heavy atom. The van der Waals surface area contributed by atoms with E-state index in [-0.39, 0.29) is 17.1 Å². The van der Waals surface area contributed by atoms with E-state index in [4.69, 9.17) is 4.74 Å². The normalized spacial score (nSPS) is 10.5. The molecule has 2 aromatic carbocycles. The number of carbonyl (C=O) groups excluding carboxylic acids is 2. The van der Waals surface area contributed by atoms with Crippen LogP contribution in [0.5, 0.6) is 5.75 Å². The van der Waals surface area contributed by atoms with E-state index in [1.165, 1.54) is 41.1 Å². The van der Waals surface area contributed by atoms with E-state index >= 15 is 0 Å². The molecule has 28 heavy (non-hydrogen) atoms. The maximum atomic E-state index is 13.1. The number of halogens is 1. The summed E-state index contributed by atoms with van der Waals surface area (Å²) < 4.78 is 19.6. The number of phenolic OH excluding ortho intramolecular Hbond substituents is 1. The number of benzene rings is 2. The zero-order valence-electron chi connectivity index (χ0n) is 15.3. The summed E-state index contributed by atoms with van der Waals surface area (Å²) in [4.78, 5) is 24.2. The van der Waals surface area contributed by atoms with E-state index in [1.807, 2.05) is 0 Å². The van der Waals surface area contributed by atoms with Crippen LogP contribution in [0.4, 0.5) is 10.2 Å². The van der Waals surface area contributed by atoms with Crippen LogP contribution in [0.1, 0.15) is 21.6 Å². The molecule has 0 unspecified atom stereocenters. The number of aryl methyl sites for hydroxylation is 2. The first-order valence-corrected chi connectivity index (χ1v) is 8.42. The van der Waals surface area contributed by atoms with Crippen molar-refractivity contribution in [2.24, 2.45) is 0 Å². The first-order valence-electron chi connectivity index (χ1n) is 8.42. The number of rotatable bonds is 5. The number of anilines is 1. The van der Waals surface area contributed by atoms with Crippen molar-refractivity contribution in [3.8, 4) is 11.4 Å². The number of hydrogen-bond acceptors (Lipinski definition) is 5. The minimum Gasteiger partial charge on any atom is -0.508 e. The van der Waals surface area contributed by atoms with Crippen LogP contribution in [-0.2, 0) is 9.53 Å². The van der Waals surface area contributed by atoms with E-state index in [0.717, 1.165) is 0 Å². The smallest absolute Gasteiger partial charge is 0.338 e. The van der Waals surface area contributed by atoms with Gasteiger partial charge in [-0.25, -0.2) is 13.9 Å². The molecule has 0 fully saturated rings. The van der Waals surface area contributed by atoms with Crippen LogP contribution < -0.4 is 5.32 Å². The first-order chi connectivity index (χ1) is 13.3. The van der Waals surface area contributed by atoms with Crippen LogP contribution in [0, 0.1) is 19.7 Å². The third-order valence-electron chi connectivity index (χ3n) is 3.95. The molecule has 1 aromatic heterocycles. The van der Waals surface area contributed by atoms with Crippen molar-refractivity contribution in [3.05, 3.63) is 71.2 Å². The van der Waals surface area contributed by atoms with Crippen LogP contribution in [0.25, 0.3) is 5.69 Å². The molecule has 0 atom stereocenters. The topological polar surface area (TPSA) is 93.5 Å². The lowest BCUT2D eigenvalue weighted by Gasteiger charge is -2.10. The summed E-state index contributed by atoms with van der Waals surface area (Å²) in [5, 5.41) is 16.5. The Balaban J connectivity index is 1.66. The van der Waals surface area contributed by atoms with Gasteiger partial charge < -0.3 is 15.2 Å². The van der Waals surface area contributed by atoms with Gasteiger partial charge in [0, 0.05) is 6.07 Å². The van der Waals surface area contributed by atoms with Crippen molar-refractivity contribution in [2.75, 3.05) is 11.9 Å². The van der Waals surface area contributed by atoms with E-state index < -0.39 is 18.5 Å². The van der Waals surface area contributed by atoms with Crippen molar-refractivity contribution in [1.82, 2.24) is 9.78 Å². The second-order valence-electron chi connectivity index (χ2n) is 6.18. The molecule has 1 amide bonds. The summed E-state index contributed by atoms with van der Waals surface area (Å²) in [7, 11) is 0. The highest BCUT2D eigenvalue weighted by Crippen LogP contribution is 2.19. The lowest BCUT2D eigenvalue weighted by atomic mass is 10.1. The standard InChI is InChI=1S/C20H18FN3O4/c1-12-3-4-14(10-17(12)25)20(27)28-11-19(26)22-18-9-13(2)23-24(18)16-7-5-15(21)6-8-16/h3-10,25H,11H2,1-2H3,(H,22,26). The van der Waals surface area contributed by atoms with Crippen molar-refractivity contribution < 1.29 is 23.8 Å². The Bertz CT molecular complexity index is 1030. The highest BCUT2D eigenvalue weighted by molar-refractivity contribution is 5.95. The fourth-order valence-corrected chi connectivity index (χ4v) is 2.50. The zero-order chi connectivity index (χ0) is 20.3. The number of aromatic nitrogens is 2. The van der Waals surface area contributed by atoms with Gasteiger partial charge in [0.25, 0.3) is 5.91 Å². The molecule has 7 nitrogen and oxygen atoms in total. The zero-order valence-corrected chi connectivity index (χ0v) is 15.3. The molecule has 8 heteroatoms. The summed E-state index contributed by atoms with van der Waals surface area (Å²) in [6, 6.07) is 11.6. The molecule has 0 radical (unpaired) electrons. The van der Waals surface area contributed by atoms with Gasteiger partial charge in [0.1, 0.15) is 17.4 Å². The van der Waals surface area contributed by atoms with Gasteiger partial charge in [0.15, 0.2) is 6.61 Å². The Morgan fingerprint density at radius 2 is 1.86 bits per heavy atom. The second-order valence-corrected chi connectivity index (χ2v) is 6.18. The highest BCUT2D eigenvalue weighted by atomic mass is 19.1. The van der Waals surface area contributed by atoms with Gasteiger partial charge in [0.2, 0.25) is 0 Å². The molecule has 0 saturated heterocycles. The van der Waals surface area contributed by atoms with Crippen molar-refractivity contribution >= 4 is 17.7 Å². The van der Waals surface area contributed by atoms with Crippen LogP contribution in [0.2, 0.25) is 0 Å². The van der Waals surface area contributed by atoms with Gasteiger partial charge in [-0.3, -0.25) is 4.79 Å². The summed E-state index contributed by atoms with van der Waals surface area (Å²) in [6.07, 6.45) is 0. The first kappa shape index (κ1) is 19.1. The van der Waals surface area contributed by atoms with Crippen molar-refractivity contribution in [2.45, 2.75) is 13.8 Å². The number of esters is 1. The lowest BCUT2D eigenvalue weighted by molar-refractivity contribution is -0.119. The Hall–Kier alpha value is -3.68. The predicted molar refractivity (Wildman–Crippen MR) is 100 cm³/mol. The quantitative estimate of drug-likeness (QED) is 0.660. The molecule has 2 N–H and O–H groups in total. The van der Waals surface area contributed by atoms with Crippen LogP contribution in [-0.4, -0.2) is 33.4 Å². The molecular formula is C20H18FN3O4. The average Bonchev–Trinajstić information content (AvgIpc) is 3.02. The SMILES string of the molecule is Cc1cc(NC(=O)COC(=O)c2ccc(C)c(O)c2)n(-c2ccc(F)cc2)n1. The number of nitrogens with one attached hydrogen (secondary N) is 1. The highest BCUT2D eigenvalue weighted by Gasteiger charge is 2.14. The molecule has 1 heterocycles. The molecule has 0 aliphatic carbocycles. The van der Waals surface area contributed by atoms with E-state index in [0.29, 0.717) is 22.8 Å². The molecule has 0 bridgehead atoms. The second kappa shape index (κ2) is 7.91. The number of aromatic hydroxyl groups is 1. The number of nitrogens with zero attached hydrogens (tertiary/aromatic N) is 2. The van der Waals surface area contributed by atoms with E-state index in [2.05, 4.69) is 10.4 Å². The van der Waals surface area contributed by atoms with Crippen LogP contribution in [0.3, 0.4) is 0 Å². The van der Waals surface area contributed by atoms with Crippen LogP contribution >= 0.6 is 0 Å². The average molecular weight is 383 g/mol. The molecular weight excluding hydrogens is 365 g/mol. The van der Waals surface area contributed by atoms with E-state index in [9.17, 15) is 19.1 Å². The molecule has 144 valence electrons. The number of amides is 1. The maximum Gasteiger partial charge on any atom is 0.338 e. The molecule has 0 spiro atoms. The van der Waals surface area contributed by atoms with Gasteiger partial charge in [-0.05, 0) is 55.8 Å². The Kier molecular flexibility index (Phi) is 5.39. The molecule has 0 aliphatic rings. The van der Waals surface area contributed by atoms with E-state index in [1.54, 1.807) is 26.0 Å². The summed E-state index contributed by atoms with van der Waals surface area (Å²) in [5.41, 5.74) is 1.98. The minimum absolute atomic E-state index is 0.0300. The molecule has 3 rings (SSSR count). The molecule has 0 aliphatic heterocycles. The van der Waals surface area contributed by atoms with Crippen LogP contribution in [0.15, 0.2) is 48.5 Å². The minimum atomic E-state index is -0.728. The molecule has 0 saturated carbocycles. The lowest BCUT2D eigenvalue weighted by Crippen LogP contribution is -2.22. The summed E-state index contributed by atoms with van der Waals surface area (Å²) in [6.45, 7) is 2.94. The fourth-order valence-electron chi connectivity index (χ4n) is 2.50. The number of carbonyl (C=O) groups is 2. The predicted octanol–water partition coefficient (Wildman–Crippen LogP) is 3.13. The summed E-state index contributed by atoms with van der Waals surface area (Å²) in [5.74, 6) is -1.34. The number of phenols is 1. The van der Waals surface area contributed by atoms with Gasteiger partial charge >= 0.3 is 5.97 Å². The van der Waals surface area contributed by atoms with Gasteiger partial charge in [-0.2, -0.15) is 5.10 Å². The molecule has 3 aromatic rings. The Labute approximate surface area is 160 Å².